The largest absolute Gasteiger partial charge is 0.332 e. The van der Waals surface area contributed by atoms with Crippen molar-refractivity contribution in [3.05, 3.63) is 0 Å². The summed E-state index contributed by atoms with van der Waals surface area (Å²) in [5.41, 5.74) is 0. The summed E-state index contributed by atoms with van der Waals surface area (Å²) in [7, 11) is 2.50. The smallest absolute Gasteiger partial charge is 0.273 e. The molecule has 0 aliphatic carbocycles. The number of rotatable bonds is 0. The number of carbonyl (C=O) groups is 3. The van der Waals surface area contributed by atoms with Gasteiger partial charge < -0.3 is 0 Å². The van der Waals surface area contributed by atoms with Crippen LogP contribution in [-0.4, -0.2) is 41.7 Å². The van der Waals surface area contributed by atoms with Crippen molar-refractivity contribution < 1.29 is 15.8 Å². The van der Waals surface area contributed by atoms with Gasteiger partial charge in [-0.2, -0.15) is 0 Å². The number of barbiturate groups is 1. The molecular formula is C7H10N2O3. The van der Waals surface area contributed by atoms with Gasteiger partial charge in [-0.15, -0.1) is 0 Å². The first kappa shape index (κ1) is 7.27. The van der Waals surface area contributed by atoms with Crippen LogP contribution in [0.2, 0.25) is 0 Å². The minimum absolute atomic E-state index is 0.695. The molecule has 0 aromatic carbocycles. The maximum atomic E-state index is 11.3. The van der Waals surface area contributed by atoms with Crippen molar-refractivity contribution in [1.82, 2.24) is 9.80 Å². The lowest BCUT2D eigenvalue weighted by molar-refractivity contribution is -0.146. The molecule has 0 radical (unpaired) electrons. The minimum atomic E-state index is -1.88. The van der Waals surface area contributed by atoms with Crippen LogP contribution in [-0.2, 0) is 9.59 Å². The fraction of sp³-hybridized carbons (Fsp3) is 0.571. The fourth-order valence-corrected chi connectivity index (χ4v) is 0.993. The third-order valence-corrected chi connectivity index (χ3v) is 1.82. The van der Waals surface area contributed by atoms with Crippen LogP contribution >= 0.6 is 0 Å². The molecule has 0 aromatic heterocycles. The van der Waals surface area contributed by atoms with E-state index in [1.54, 1.807) is 0 Å². The van der Waals surface area contributed by atoms with E-state index in [2.05, 4.69) is 0 Å². The van der Waals surface area contributed by atoms with Crippen LogP contribution in [0.1, 0.15) is 8.29 Å². The zero-order chi connectivity index (χ0) is 10.4. The Balaban J connectivity index is 3.15. The van der Waals surface area contributed by atoms with Gasteiger partial charge in [-0.05, 0) is 6.92 Å². The van der Waals surface area contributed by atoms with E-state index in [1.807, 2.05) is 0 Å². The average Bonchev–Trinajstić information content (AvgIpc) is 2.09. The highest BCUT2D eigenvalue weighted by Crippen LogP contribution is 2.13. The predicted molar refractivity (Wildman–Crippen MR) is 40.1 cm³/mol. The topological polar surface area (TPSA) is 57.7 Å². The first-order valence-electron chi connectivity index (χ1n) is 3.90. The average molecular weight is 172 g/mol. The minimum Gasteiger partial charge on any atom is -0.273 e. The Labute approximate surface area is 71.3 Å². The molecule has 1 aliphatic heterocycles. The molecule has 0 saturated carbocycles. The lowest BCUT2D eigenvalue weighted by atomic mass is 10.1. The van der Waals surface area contributed by atoms with Gasteiger partial charge in [0.05, 0.1) is 1.37 Å². The molecule has 0 aromatic rings. The van der Waals surface area contributed by atoms with Crippen LogP contribution in [0.5, 0.6) is 0 Å². The van der Waals surface area contributed by atoms with Gasteiger partial charge in [-0.25, -0.2) is 4.79 Å². The van der Waals surface area contributed by atoms with Crippen LogP contribution in [0.15, 0.2) is 0 Å². The Morgan fingerprint density at radius 2 is 1.50 bits per heavy atom. The van der Waals surface area contributed by atoms with E-state index < -0.39 is 23.7 Å². The summed E-state index contributed by atoms with van der Waals surface area (Å²) in [4.78, 5) is 35.3. The molecule has 1 rings (SSSR count). The van der Waals surface area contributed by atoms with Gasteiger partial charge in [-0.3, -0.25) is 19.4 Å². The predicted octanol–water partition coefficient (Wildman–Crippen LogP) is -0.327. The first-order valence-corrected chi connectivity index (χ1v) is 3.40. The van der Waals surface area contributed by atoms with Crippen molar-refractivity contribution >= 4 is 17.8 Å². The van der Waals surface area contributed by atoms with E-state index in [4.69, 9.17) is 1.37 Å². The van der Waals surface area contributed by atoms with Gasteiger partial charge >= 0.3 is 6.03 Å². The Morgan fingerprint density at radius 3 is 1.83 bits per heavy atom. The van der Waals surface area contributed by atoms with Crippen molar-refractivity contribution in [1.29, 1.82) is 0 Å². The molecule has 1 fully saturated rings. The van der Waals surface area contributed by atoms with Crippen molar-refractivity contribution in [3.8, 4) is 0 Å². The molecule has 0 unspecified atom stereocenters. The van der Waals surface area contributed by atoms with Gasteiger partial charge in [-0.1, -0.05) is 0 Å². The number of nitrogens with zero attached hydrogens (tertiary/aromatic N) is 2. The second kappa shape index (κ2) is 2.58. The van der Waals surface area contributed by atoms with Crippen LogP contribution in [0, 0.1) is 5.89 Å². The van der Waals surface area contributed by atoms with Crippen LogP contribution in [0.4, 0.5) is 4.79 Å². The third kappa shape index (κ3) is 0.975. The first-order chi connectivity index (χ1) is 5.80. The number of urea groups is 1. The number of amides is 4. The van der Waals surface area contributed by atoms with Gasteiger partial charge in [0.2, 0.25) is 11.8 Å². The van der Waals surface area contributed by atoms with E-state index in [0.29, 0.717) is 0 Å². The monoisotopic (exact) mass is 172 g/mol. The maximum absolute atomic E-state index is 11.3. The number of hydrogen-bond acceptors (Lipinski definition) is 3. The Morgan fingerprint density at radius 1 is 1.17 bits per heavy atom. The fourth-order valence-electron chi connectivity index (χ4n) is 0.993. The number of imide groups is 2. The molecule has 1 saturated heterocycles. The van der Waals surface area contributed by atoms with Crippen molar-refractivity contribution in [2.75, 3.05) is 14.1 Å². The Kier molecular flexibility index (Phi) is 1.56. The molecule has 5 nitrogen and oxygen atoms in total. The molecule has 0 N–H and O–H groups in total. The highest BCUT2D eigenvalue weighted by atomic mass is 16.2. The lowest BCUT2D eigenvalue weighted by Crippen LogP contribution is -2.55. The van der Waals surface area contributed by atoms with Gasteiger partial charge in [0, 0.05) is 14.1 Å². The van der Waals surface area contributed by atoms with Crippen LogP contribution in [0.3, 0.4) is 0 Å². The molecule has 12 heavy (non-hydrogen) atoms. The molecule has 0 spiro atoms. The maximum Gasteiger partial charge on any atom is 0.332 e. The lowest BCUT2D eigenvalue weighted by Gasteiger charge is -2.30. The third-order valence-electron chi connectivity index (χ3n) is 1.82. The molecule has 5 heteroatoms. The standard InChI is InChI=1S/C7H10N2O3/c1-4-5(10)8(2)7(12)9(3)6(4)11/h4H,1-3H3/i4T. The van der Waals surface area contributed by atoms with Crippen molar-refractivity contribution in [2.24, 2.45) is 5.89 Å². The molecule has 1 aliphatic rings. The van der Waals surface area contributed by atoms with Gasteiger partial charge in [0.15, 0.2) is 0 Å². The molecular weight excluding hydrogens is 160 g/mol. The second-order valence-electron chi connectivity index (χ2n) is 2.64. The van der Waals surface area contributed by atoms with E-state index in [9.17, 15) is 14.4 Å². The van der Waals surface area contributed by atoms with Crippen LogP contribution < -0.4 is 0 Å². The number of hydrogen-bond donors (Lipinski definition) is 0. The SMILES string of the molecule is [3H]C1(C)C(=O)N(C)C(=O)N(C)C1=O. The molecule has 66 valence electrons. The van der Waals surface area contributed by atoms with E-state index in [-0.39, 0.29) is 0 Å². The van der Waals surface area contributed by atoms with Crippen LogP contribution in [0.25, 0.3) is 0 Å². The van der Waals surface area contributed by atoms with E-state index in [1.165, 1.54) is 21.0 Å². The number of carbonyl (C=O) groups excluding carboxylic acids is 3. The Hall–Kier alpha value is -1.39. The highest BCUT2D eigenvalue weighted by Gasteiger charge is 2.39. The molecule has 4 amide bonds. The summed E-state index contributed by atoms with van der Waals surface area (Å²) in [6.07, 6.45) is 0. The summed E-state index contributed by atoms with van der Waals surface area (Å²) < 4.78 is 7.45. The summed E-state index contributed by atoms with van der Waals surface area (Å²) in [5, 5.41) is 0. The summed E-state index contributed by atoms with van der Waals surface area (Å²) in [5.74, 6) is -3.46. The second-order valence-corrected chi connectivity index (χ2v) is 2.64. The molecule has 0 bridgehead atoms. The summed E-state index contributed by atoms with van der Waals surface area (Å²) in [6, 6.07) is -0.695. The van der Waals surface area contributed by atoms with Gasteiger partial charge in [0.25, 0.3) is 0 Å². The van der Waals surface area contributed by atoms with Gasteiger partial charge in [0.1, 0.15) is 5.89 Å². The summed E-state index contributed by atoms with van der Waals surface area (Å²) >= 11 is 0. The zero-order valence-corrected chi connectivity index (χ0v) is 7.12. The van der Waals surface area contributed by atoms with E-state index in [0.717, 1.165) is 9.80 Å². The highest BCUT2D eigenvalue weighted by molar-refractivity contribution is 6.15. The van der Waals surface area contributed by atoms with E-state index >= 15 is 0 Å². The normalized spacial score (nSPS) is 24.6. The molecule has 0 atom stereocenters. The quantitative estimate of drug-likeness (QED) is 0.470. The summed E-state index contributed by atoms with van der Waals surface area (Å²) in [6.45, 7) is 1.18. The molecule has 1 heterocycles. The van der Waals surface area contributed by atoms with Crippen molar-refractivity contribution in [3.63, 3.8) is 0 Å². The van der Waals surface area contributed by atoms with Crippen molar-refractivity contribution in [2.45, 2.75) is 6.92 Å². The zero-order valence-electron chi connectivity index (χ0n) is 8.12. The Bertz CT molecular complexity index is 274.